The fraction of sp³-hybridized carbons (Fsp3) is 0.545. The summed E-state index contributed by atoms with van der Waals surface area (Å²) in [5.41, 5.74) is 6.56. The molecule has 0 radical (unpaired) electrons. The highest BCUT2D eigenvalue weighted by Crippen LogP contribution is 2.24. The molecule has 1 aliphatic rings. The smallest absolute Gasteiger partial charge is 0.224 e. The molecule has 2 heteroatoms. The number of rotatable bonds is 4. The van der Waals surface area contributed by atoms with Gasteiger partial charge in [-0.2, -0.15) is 0 Å². The Morgan fingerprint density at radius 1 is 1.69 bits per heavy atom. The highest BCUT2D eigenvalue weighted by molar-refractivity contribution is 5.79. The van der Waals surface area contributed by atoms with E-state index < -0.39 is 0 Å². The lowest BCUT2D eigenvalue weighted by Crippen LogP contribution is -2.25. The molecule has 1 atom stereocenters. The molecule has 0 saturated heterocycles. The van der Waals surface area contributed by atoms with Gasteiger partial charge in [-0.15, -0.1) is 0 Å². The standard InChI is InChI=1S/C11H17NO/c1-2-6-10(11(12)13)9-7-4-3-5-8-9/h3-4,7,10H,2,5-6,8H2,1H3,(H2,12,13). The molecule has 0 aromatic carbocycles. The summed E-state index contributed by atoms with van der Waals surface area (Å²) in [7, 11) is 0. The van der Waals surface area contributed by atoms with Gasteiger partial charge in [-0.3, -0.25) is 4.79 Å². The lowest BCUT2D eigenvalue weighted by molar-refractivity contribution is -0.120. The van der Waals surface area contributed by atoms with Crippen LogP contribution in [0.5, 0.6) is 0 Å². The van der Waals surface area contributed by atoms with Gasteiger partial charge in [0.15, 0.2) is 0 Å². The second-order valence-electron chi connectivity index (χ2n) is 3.45. The first-order valence-electron chi connectivity index (χ1n) is 4.90. The largest absolute Gasteiger partial charge is 0.369 e. The predicted molar refractivity (Wildman–Crippen MR) is 54.0 cm³/mol. The molecule has 1 amide bonds. The van der Waals surface area contributed by atoms with Crippen molar-refractivity contribution in [2.75, 3.05) is 0 Å². The molecule has 2 nitrogen and oxygen atoms in total. The number of hydrogen-bond donors (Lipinski definition) is 1. The Morgan fingerprint density at radius 3 is 2.92 bits per heavy atom. The molecule has 1 aliphatic carbocycles. The van der Waals surface area contributed by atoms with Crippen LogP contribution in [0.3, 0.4) is 0 Å². The summed E-state index contributed by atoms with van der Waals surface area (Å²) < 4.78 is 0. The van der Waals surface area contributed by atoms with Crippen molar-refractivity contribution in [1.29, 1.82) is 0 Å². The van der Waals surface area contributed by atoms with Gasteiger partial charge in [-0.05, 0) is 19.3 Å². The maximum absolute atomic E-state index is 11.1. The first kappa shape index (κ1) is 10.0. The van der Waals surface area contributed by atoms with E-state index >= 15 is 0 Å². The van der Waals surface area contributed by atoms with E-state index in [-0.39, 0.29) is 11.8 Å². The summed E-state index contributed by atoms with van der Waals surface area (Å²) in [5.74, 6) is -0.210. The van der Waals surface area contributed by atoms with E-state index in [9.17, 15) is 4.79 Å². The third kappa shape index (κ3) is 2.72. The van der Waals surface area contributed by atoms with Crippen LogP contribution < -0.4 is 5.73 Å². The van der Waals surface area contributed by atoms with Crippen molar-refractivity contribution in [2.24, 2.45) is 11.7 Å². The lowest BCUT2D eigenvalue weighted by atomic mass is 9.88. The molecule has 0 aromatic rings. The number of primary amides is 1. The van der Waals surface area contributed by atoms with Crippen LogP contribution in [0, 0.1) is 5.92 Å². The van der Waals surface area contributed by atoms with Gasteiger partial charge in [0.1, 0.15) is 0 Å². The normalized spacial score (nSPS) is 18.1. The van der Waals surface area contributed by atoms with Gasteiger partial charge in [0, 0.05) is 0 Å². The summed E-state index contributed by atoms with van der Waals surface area (Å²) in [6, 6.07) is 0. The Morgan fingerprint density at radius 2 is 2.46 bits per heavy atom. The van der Waals surface area contributed by atoms with Gasteiger partial charge in [-0.1, -0.05) is 37.1 Å². The molecule has 1 rings (SSSR count). The highest BCUT2D eigenvalue weighted by Gasteiger charge is 2.18. The molecular formula is C11H17NO. The number of nitrogens with two attached hydrogens (primary N) is 1. The van der Waals surface area contributed by atoms with Crippen molar-refractivity contribution in [1.82, 2.24) is 0 Å². The summed E-state index contributed by atoms with van der Waals surface area (Å²) in [4.78, 5) is 11.1. The molecule has 13 heavy (non-hydrogen) atoms. The third-order valence-electron chi connectivity index (χ3n) is 2.41. The van der Waals surface area contributed by atoms with Crippen molar-refractivity contribution in [3.63, 3.8) is 0 Å². The van der Waals surface area contributed by atoms with Crippen LogP contribution in [0.15, 0.2) is 23.8 Å². The monoisotopic (exact) mass is 179 g/mol. The first-order valence-corrected chi connectivity index (χ1v) is 4.90. The van der Waals surface area contributed by atoms with Crippen LogP contribution in [0.4, 0.5) is 0 Å². The van der Waals surface area contributed by atoms with Gasteiger partial charge in [0.25, 0.3) is 0 Å². The molecule has 0 heterocycles. The van der Waals surface area contributed by atoms with E-state index in [1.54, 1.807) is 0 Å². The Bertz CT molecular complexity index is 240. The van der Waals surface area contributed by atoms with E-state index in [4.69, 9.17) is 5.73 Å². The minimum atomic E-state index is -0.177. The third-order valence-corrected chi connectivity index (χ3v) is 2.41. The Labute approximate surface area is 79.5 Å². The van der Waals surface area contributed by atoms with Crippen molar-refractivity contribution in [3.8, 4) is 0 Å². The first-order chi connectivity index (χ1) is 6.25. The van der Waals surface area contributed by atoms with E-state index in [2.05, 4.69) is 13.0 Å². The molecule has 0 fully saturated rings. The van der Waals surface area contributed by atoms with Crippen molar-refractivity contribution >= 4 is 5.91 Å². The molecular weight excluding hydrogens is 162 g/mol. The number of allylic oxidation sites excluding steroid dienone is 3. The van der Waals surface area contributed by atoms with Gasteiger partial charge in [0.2, 0.25) is 5.91 Å². The SMILES string of the molecule is CCCC(C(N)=O)C1=CC=CCC1. The Kier molecular flexibility index (Phi) is 3.74. The second-order valence-corrected chi connectivity index (χ2v) is 3.45. The fourth-order valence-electron chi connectivity index (χ4n) is 1.71. The van der Waals surface area contributed by atoms with Gasteiger partial charge in [0.05, 0.1) is 5.92 Å². The van der Waals surface area contributed by atoms with Gasteiger partial charge in [-0.25, -0.2) is 0 Å². The number of carbonyl (C=O) groups excluding carboxylic acids is 1. The minimum Gasteiger partial charge on any atom is -0.369 e. The van der Waals surface area contributed by atoms with Crippen LogP contribution in [0.2, 0.25) is 0 Å². The maximum atomic E-state index is 11.1. The number of hydrogen-bond acceptors (Lipinski definition) is 1. The van der Waals surface area contributed by atoms with E-state index in [0.717, 1.165) is 25.7 Å². The Balaban J connectivity index is 2.68. The molecule has 1 unspecified atom stereocenters. The molecule has 2 N–H and O–H groups in total. The zero-order valence-corrected chi connectivity index (χ0v) is 8.12. The van der Waals surface area contributed by atoms with Crippen molar-refractivity contribution < 1.29 is 4.79 Å². The van der Waals surface area contributed by atoms with Crippen LogP contribution >= 0.6 is 0 Å². The van der Waals surface area contributed by atoms with Crippen LogP contribution in [-0.2, 0) is 4.79 Å². The second kappa shape index (κ2) is 4.85. The minimum absolute atomic E-state index is 0.0325. The number of amides is 1. The maximum Gasteiger partial charge on any atom is 0.224 e. The zero-order chi connectivity index (χ0) is 9.68. The van der Waals surface area contributed by atoms with Crippen molar-refractivity contribution in [2.45, 2.75) is 32.6 Å². The van der Waals surface area contributed by atoms with Gasteiger partial charge >= 0.3 is 0 Å². The number of carbonyl (C=O) groups is 1. The highest BCUT2D eigenvalue weighted by atomic mass is 16.1. The fourth-order valence-corrected chi connectivity index (χ4v) is 1.71. The van der Waals surface area contributed by atoms with Gasteiger partial charge < -0.3 is 5.73 Å². The zero-order valence-electron chi connectivity index (χ0n) is 8.12. The summed E-state index contributed by atoms with van der Waals surface area (Å²) >= 11 is 0. The quantitative estimate of drug-likeness (QED) is 0.706. The average Bonchev–Trinajstić information content (AvgIpc) is 2.15. The summed E-state index contributed by atoms with van der Waals surface area (Å²) in [5, 5.41) is 0. The molecule has 72 valence electrons. The van der Waals surface area contributed by atoms with E-state index in [1.807, 2.05) is 12.2 Å². The van der Waals surface area contributed by atoms with Crippen LogP contribution in [0.1, 0.15) is 32.6 Å². The predicted octanol–water partition coefficient (Wildman–Crippen LogP) is 2.16. The van der Waals surface area contributed by atoms with E-state index in [1.165, 1.54) is 5.57 Å². The summed E-state index contributed by atoms with van der Waals surface area (Å²) in [6.45, 7) is 2.08. The average molecular weight is 179 g/mol. The topological polar surface area (TPSA) is 43.1 Å². The van der Waals surface area contributed by atoms with Crippen LogP contribution in [-0.4, -0.2) is 5.91 Å². The molecule has 0 saturated carbocycles. The molecule has 0 aliphatic heterocycles. The van der Waals surface area contributed by atoms with Crippen LogP contribution in [0.25, 0.3) is 0 Å². The molecule has 0 aromatic heterocycles. The van der Waals surface area contributed by atoms with Crippen molar-refractivity contribution in [3.05, 3.63) is 23.8 Å². The lowest BCUT2D eigenvalue weighted by Gasteiger charge is -2.17. The molecule has 0 spiro atoms. The molecule has 0 bridgehead atoms. The van der Waals surface area contributed by atoms with E-state index in [0.29, 0.717) is 0 Å². The Hall–Kier alpha value is -1.05. The summed E-state index contributed by atoms with van der Waals surface area (Å²) in [6.07, 6.45) is 10.1.